The molecule has 1 heterocycles. The van der Waals surface area contributed by atoms with E-state index in [1.165, 1.54) is 0 Å². The summed E-state index contributed by atoms with van der Waals surface area (Å²) in [5.74, 6) is 0.493. The summed E-state index contributed by atoms with van der Waals surface area (Å²) in [6.07, 6.45) is 2.92. The van der Waals surface area contributed by atoms with Crippen LogP contribution in [-0.2, 0) is 6.42 Å². The lowest BCUT2D eigenvalue weighted by molar-refractivity contribution is 0.109. The Morgan fingerprint density at radius 2 is 2.00 bits per heavy atom. The van der Waals surface area contributed by atoms with Gasteiger partial charge in [-0.2, -0.15) is 0 Å². The standard InChI is InChI=1S/C14H22BrNO/c1-10(14(2,3)4)7-13(17)8-12-6-5-11(15)9-16-12/h5-6,9-10,13,17H,7-8H2,1-4H3. The van der Waals surface area contributed by atoms with Crippen molar-refractivity contribution in [3.05, 3.63) is 28.5 Å². The third-order valence-electron chi connectivity index (χ3n) is 3.34. The molecule has 0 aliphatic carbocycles. The lowest BCUT2D eigenvalue weighted by Gasteiger charge is -2.29. The van der Waals surface area contributed by atoms with E-state index >= 15 is 0 Å². The summed E-state index contributed by atoms with van der Waals surface area (Å²) in [4.78, 5) is 4.28. The topological polar surface area (TPSA) is 33.1 Å². The van der Waals surface area contributed by atoms with Crippen LogP contribution >= 0.6 is 15.9 Å². The van der Waals surface area contributed by atoms with Gasteiger partial charge < -0.3 is 5.11 Å². The summed E-state index contributed by atoms with van der Waals surface area (Å²) in [5, 5.41) is 10.1. The fraction of sp³-hybridized carbons (Fsp3) is 0.643. The average molecular weight is 300 g/mol. The third-order valence-corrected chi connectivity index (χ3v) is 3.81. The molecule has 2 nitrogen and oxygen atoms in total. The number of pyridine rings is 1. The van der Waals surface area contributed by atoms with Crippen LogP contribution in [0.15, 0.2) is 22.8 Å². The monoisotopic (exact) mass is 299 g/mol. The molecule has 0 radical (unpaired) electrons. The van der Waals surface area contributed by atoms with E-state index in [-0.39, 0.29) is 11.5 Å². The van der Waals surface area contributed by atoms with Crippen molar-refractivity contribution in [3.8, 4) is 0 Å². The Labute approximate surface area is 113 Å². The van der Waals surface area contributed by atoms with E-state index in [9.17, 15) is 5.11 Å². The fourth-order valence-corrected chi connectivity index (χ4v) is 1.85. The maximum absolute atomic E-state index is 10.1. The number of halogens is 1. The smallest absolute Gasteiger partial charge is 0.0598 e. The molecule has 0 saturated heterocycles. The quantitative estimate of drug-likeness (QED) is 0.917. The lowest BCUT2D eigenvalue weighted by Crippen LogP contribution is -2.24. The van der Waals surface area contributed by atoms with Crippen LogP contribution in [0.4, 0.5) is 0 Å². The third kappa shape index (κ3) is 5.17. The van der Waals surface area contributed by atoms with Crippen LogP contribution < -0.4 is 0 Å². The second kappa shape index (κ2) is 5.96. The van der Waals surface area contributed by atoms with Crippen molar-refractivity contribution in [2.75, 3.05) is 0 Å². The van der Waals surface area contributed by atoms with Crippen molar-refractivity contribution in [2.24, 2.45) is 11.3 Å². The zero-order chi connectivity index (χ0) is 13.1. The highest BCUT2D eigenvalue weighted by Gasteiger charge is 2.22. The molecule has 2 unspecified atom stereocenters. The van der Waals surface area contributed by atoms with Gasteiger partial charge in [-0.1, -0.05) is 27.7 Å². The van der Waals surface area contributed by atoms with Crippen molar-refractivity contribution >= 4 is 15.9 Å². The van der Waals surface area contributed by atoms with Crippen LogP contribution in [0, 0.1) is 11.3 Å². The molecule has 0 spiro atoms. The van der Waals surface area contributed by atoms with Crippen molar-refractivity contribution in [2.45, 2.75) is 46.6 Å². The van der Waals surface area contributed by atoms with Crippen LogP contribution in [-0.4, -0.2) is 16.2 Å². The van der Waals surface area contributed by atoms with Gasteiger partial charge in [0.15, 0.2) is 0 Å². The Morgan fingerprint density at radius 3 is 2.47 bits per heavy atom. The first-order chi connectivity index (χ1) is 7.79. The summed E-state index contributed by atoms with van der Waals surface area (Å²) in [6.45, 7) is 8.82. The Morgan fingerprint density at radius 1 is 1.35 bits per heavy atom. The summed E-state index contributed by atoms with van der Waals surface area (Å²) >= 11 is 3.35. The minimum absolute atomic E-state index is 0.244. The molecule has 96 valence electrons. The summed E-state index contributed by atoms with van der Waals surface area (Å²) < 4.78 is 0.971. The first-order valence-electron chi connectivity index (χ1n) is 6.07. The molecule has 1 aromatic rings. The van der Waals surface area contributed by atoms with E-state index < -0.39 is 0 Å². The van der Waals surface area contributed by atoms with Gasteiger partial charge in [-0.15, -0.1) is 0 Å². The number of hydrogen-bond acceptors (Lipinski definition) is 2. The van der Waals surface area contributed by atoms with E-state index in [1.54, 1.807) is 6.20 Å². The summed E-state index contributed by atoms with van der Waals surface area (Å²) in [5.41, 5.74) is 1.19. The van der Waals surface area contributed by atoms with Gasteiger partial charge in [-0.3, -0.25) is 4.98 Å². The van der Waals surface area contributed by atoms with Gasteiger partial charge in [-0.25, -0.2) is 0 Å². The van der Waals surface area contributed by atoms with Crippen molar-refractivity contribution in [3.63, 3.8) is 0 Å². The van der Waals surface area contributed by atoms with Crippen molar-refractivity contribution in [1.29, 1.82) is 0 Å². The maximum atomic E-state index is 10.1. The molecule has 1 rings (SSSR count). The molecular formula is C14H22BrNO. The lowest BCUT2D eigenvalue weighted by atomic mass is 9.78. The van der Waals surface area contributed by atoms with Crippen molar-refractivity contribution < 1.29 is 5.11 Å². The Hall–Kier alpha value is -0.410. The highest BCUT2D eigenvalue weighted by atomic mass is 79.9. The number of nitrogens with zero attached hydrogens (tertiary/aromatic N) is 1. The van der Waals surface area contributed by atoms with Crippen LogP contribution in [0.25, 0.3) is 0 Å². The molecule has 0 aliphatic heterocycles. The minimum atomic E-state index is -0.307. The molecule has 0 fully saturated rings. The van der Waals surface area contributed by atoms with Crippen LogP contribution in [0.3, 0.4) is 0 Å². The Kier molecular flexibility index (Phi) is 5.14. The number of aliphatic hydroxyl groups excluding tert-OH is 1. The van der Waals surface area contributed by atoms with Crippen LogP contribution in [0.5, 0.6) is 0 Å². The van der Waals surface area contributed by atoms with Gasteiger partial charge in [0.05, 0.1) is 6.10 Å². The van der Waals surface area contributed by atoms with E-state index in [4.69, 9.17) is 0 Å². The molecule has 0 aliphatic rings. The predicted molar refractivity (Wildman–Crippen MR) is 74.9 cm³/mol. The second-order valence-electron chi connectivity index (χ2n) is 5.83. The largest absolute Gasteiger partial charge is 0.393 e. The number of aliphatic hydroxyl groups is 1. The molecule has 0 bridgehead atoms. The van der Waals surface area contributed by atoms with E-state index in [2.05, 4.69) is 48.6 Å². The molecule has 1 N–H and O–H groups in total. The SMILES string of the molecule is CC(CC(O)Cc1ccc(Br)cn1)C(C)(C)C. The van der Waals surface area contributed by atoms with Gasteiger partial charge in [-0.05, 0) is 45.8 Å². The second-order valence-corrected chi connectivity index (χ2v) is 6.74. The number of aromatic nitrogens is 1. The number of rotatable bonds is 4. The van der Waals surface area contributed by atoms with Crippen LogP contribution in [0.1, 0.15) is 39.8 Å². The van der Waals surface area contributed by atoms with Gasteiger partial charge in [0.25, 0.3) is 0 Å². The van der Waals surface area contributed by atoms with E-state index in [0.29, 0.717) is 12.3 Å². The zero-order valence-electron chi connectivity index (χ0n) is 11.1. The molecule has 0 aromatic carbocycles. The fourth-order valence-electron chi connectivity index (χ4n) is 1.61. The van der Waals surface area contributed by atoms with Crippen molar-refractivity contribution in [1.82, 2.24) is 4.98 Å². The normalized spacial score (nSPS) is 15.6. The molecule has 0 saturated carbocycles. The molecular weight excluding hydrogens is 278 g/mol. The molecule has 0 amide bonds. The molecule has 1 aromatic heterocycles. The first kappa shape index (κ1) is 14.7. The highest BCUT2D eigenvalue weighted by Crippen LogP contribution is 2.29. The average Bonchev–Trinajstić information content (AvgIpc) is 2.20. The zero-order valence-corrected chi connectivity index (χ0v) is 12.7. The predicted octanol–water partition coefficient (Wildman–Crippen LogP) is 3.82. The Bertz CT molecular complexity index is 342. The van der Waals surface area contributed by atoms with Gasteiger partial charge in [0.2, 0.25) is 0 Å². The van der Waals surface area contributed by atoms with Crippen LogP contribution in [0.2, 0.25) is 0 Å². The highest BCUT2D eigenvalue weighted by molar-refractivity contribution is 9.10. The minimum Gasteiger partial charge on any atom is -0.393 e. The molecule has 17 heavy (non-hydrogen) atoms. The van der Waals surface area contributed by atoms with Gasteiger partial charge in [0.1, 0.15) is 0 Å². The first-order valence-corrected chi connectivity index (χ1v) is 6.87. The summed E-state index contributed by atoms with van der Waals surface area (Å²) in [7, 11) is 0. The number of hydrogen-bond donors (Lipinski definition) is 1. The van der Waals surface area contributed by atoms with E-state index in [0.717, 1.165) is 16.6 Å². The molecule has 2 atom stereocenters. The molecule has 3 heteroatoms. The maximum Gasteiger partial charge on any atom is 0.0598 e. The van der Waals surface area contributed by atoms with E-state index in [1.807, 2.05) is 12.1 Å². The van der Waals surface area contributed by atoms with Gasteiger partial charge >= 0.3 is 0 Å². The Balaban J connectivity index is 2.50. The summed E-state index contributed by atoms with van der Waals surface area (Å²) in [6, 6.07) is 3.91. The van der Waals surface area contributed by atoms with Gasteiger partial charge in [0, 0.05) is 22.8 Å².